The molecule has 7 heteroatoms. The van der Waals surface area contributed by atoms with Gasteiger partial charge in [-0.2, -0.15) is 0 Å². The van der Waals surface area contributed by atoms with Gasteiger partial charge < -0.3 is 21.1 Å². The number of hydrogen-bond acceptors (Lipinski definition) is 4. The quantitative estimate of drug-likeness (QED) is 0.521. The molecule has 0 aliphatic heterocycles. The van der Waals surface area contributed by atoms with Crippen molar-refractivity contribution < 1.29 is 14.7 Å². The summed E-state index contributed by atoms with van der Waals surface area (Å²) in [6, 6.07) is -1.27. The van der Waals surface area contributed by atoms with E-state index in [1.807, 2.05) is 0 Å². The Kier molecular flexibility index (Phi) is 4.65. The number of aliphatic carboxylic acids is 1. The van der Waals surface area contributed by atoms with E-state index in [9.17, 15) is 9.59 Å². The molecule has 7 nitrogen and oxygen atoms in total. The van der Waals surface area contributed by atoms with Gasteiger partial charge in [-0.1, -0.05) is 0 Å². The number of carbonyl (C=O) groups excluding carboxylic acids is 1. The van der Waals surface area contributed by atoms with Gasteiger partial charge in [0, 0.05) is 30.8 Å². The lowest BCUT2D eigenvalue weighted by Gasteiger charge is -2.14. The van der Waals surface area contributed by atoms with E-state index in [-0.39, 0.29) is 24.8 Å². The highest BCUT2D eigenvalue weighted by atomic mass is 16.4. The lowest BCUT2D eigenvalue weighted by molar-refractivity contribution is -0.141. The fourth-order valence-corrected chi connectivity index (χ4v) is 1.36. The number of rotatable bonds is 6. The van der Waals surface area contributed by atoms with E-state index in [1.54, 1.807) is 6.92 Å². The van der Waals surface area contributed by atoms with Gasteiger partial charge in [0.1, 0.15) is 6.04 Å². The van der Waals surface area contributed by atoms with Crippen LogP contribution in [0.15, 0.2) is 12.5 Å². The predicted molar refractivity (Wildman–Crippen MR) is 60.1 cm³/mol. The highest BCUT2D eigenvalue weighted by molar-refractivity contribution is 5.83. The fraction of sp³-hybridized carbons (Fsp3) is 0.500. The van der Waals surface area contributed by atoms with Crippen LogP contribution in [0.3, 0.4) is 0 Å². The number of carboxylic acids is 1. The molecule has 0 saturated carbocycles. The van der Waals surface area contributed by atoms with Crippen molar-refractivity contribution >= 4 is 11.9 Å². The second-order valence-corrected chi connectivity index (χ2v) is 3.92. The molecule has 0 aliphatic rings. The molecule has 94 valence electrons. The molecule has 0 radical (unpaired) electrons. The first-order valence-electron chi connectivity index (χ1n) is 5.24. The SMILES string of the molecule is C[C@H](N)CC(=O)N[C@H](Cc1cnc[nH]1)C(=O)O. The van der Waals surface area contributed by atoms with Crippen molar-refractivity contribution in [3.63, 3.8) is 0 Å². The van der Waals surface area contributed by atoms with E-state index in [0.717, 1.165) is 0 Å². The second-order valence-electron chi connectivity index (χ2n) is 3.92. The van der Waals surface area contributed by atoms with Crippen LogP contribution in [-0.2, 0) is 16.0 Å². The van der Waals surface area contributed by atoms with Crippen LogP contribution in [0, 0.1) is 0 Å². The highest BCUT2D eigenvalue weighted by Gasteiger charge is 2.21. The predicted octanol–water partition coefficient (Wildman–Crippen LogP) is -0.741. The number of carbonyl (C=O) groups is 2. The van der Waals surface area contributed by atoms with Gasteiger partial charge >= 0.3 is 5.97 Å². The van der Waals surface area contributed by atoms with Crippen LogP contribution in [0.5, 0.6) is 0 Å². The second kappa shape index (κ2) is 6.00. The molecule has 0 bridgehead atoms. The number of H-pyrrole nitrogens is 1. The van der Waals surface area contributed by atoms with Crippen molar-refractivity contribution in [1.82, 2.24) is 15.3 Å². The number of amides is 1. The summed E-state index contributed by atoms with van der Waals surface area (Å²) in [5, 5.41) is 11.4. The Morgan fingerprint density at radius 2 is 2.35 bits per heavy atom. The summed E-state index contributed by atoms with van der Waals surface area (Å²) < 4.78 is 0. The lowest BCUT2D eigenvalue weighted by Crippen LogP contribution is -2.43. The topological polar surface area (TPSA) is 121 Å². The summed E-state index contributed by atoms with van der Waals surface area (Å²) in [4.78, 5) is 29.0. The Labute approximate surface area is 98.4 Å². The van der Waals surface area contributed by atoms with E-state index in [2.05, 4.69) is 15.3 Å². The van der Waals surface area contributed by atoms with E-state index in [1.165, 1.54) is 12.5 Å². The zero-order valence-corrected chi connectivity index (χ0v) is 9.51. The standard InChI is InChI=1S/C10H16N4O3/c1-6(11)2-9(15)14-8(10(16)17)3-7-4-12-5-13-7/h4-6,8H,2-3,11H2,1H3,(H,12,13)(H,14,15)(H,16,17)/t6-,8+/m0/s1. The third-order valence-corrected chi connectivity index (χ3v) is 2.12. The molecule has 0 saturated heterocycles. The van der Waals surface area contributed by atoms with Crippen molar-refractivity contribution in [3.8, 4) is 0 Å². The number of aromatic amines is 1. The third-order valence-electron chi connectivity index (χ3n) is 2.12. The van der Waals surface area contributed by atoms with Crippen molar-refractivity contribution in [2.24, 2.45) is 5.73 Å². The van der Waals surface area contributed by atoms with Gasteiger partial charge in [-0.05, 0) is 6.92 Å². The Morgan fingerprint density at radius 3 is 2.82 bits per heavy atom. The van der Waals surface area contributed by atoms with E-state index < -0.39 is 12.0 Å². The summed E-state index contributed by atoms with van der Waals surface area (Å²) in [6.07, 6.45) is 3.25. The fourth-order valence-electron chi connectivity index (χ4n) is 1.36. The molecule has 1 rings (SSSR count). The van der Waals surface area contributed by atoms with Gasteiger partial charge in [-0.25, -0.2) is 9.78 Å². The zero-order chi connectivity index (χ0) is 12.8. The first-order chi connectivity index (χ1) is 7.99. The monoisotopic (exact) mass is 240 g/mol. The molecular formula is C10H16N4O3. The number of imidazole rings is 1. The largest absolute Gasteiger partial charge is 0.480 e. The first-order valence-corrected chi connectivity index (χ1v) is 5.24. The maximum Gasteiger partial charge on any atom is 0.326 e. The number of nitrogens with zero attached hydrogens (tertiary/aromatic N) is 1. The Hall–Kier alpha value is -1.89. The molecule has 0 spiro atoms. The van der Waals surface area contributed by atoms with E-state index in [4.69, 9.17) is 10.8 Å². The summed E-state index contributed by atoms with van der Waals surface area (Å²) in [7, 11) is 0. The lowest BCUT2D eigenvalue weighted by atomic mass is 10.1. The van der Waals surface area contributed by atoms with Crippen LogP contribution in [0.2, 0.25) is 0 Å². The van der Waals surface area contributed by atoms with Crippen LogP contribution in [0.1, 0.15) is 19.0 Å². The van der Waals surface area contributed by atoms with Gasteiger partial charge in [0.25, 0.3) is 0 Å². The molecule has 17 heavy (non-hydrogen) atoms. The smallest absolute Gasteiger partial charge is 0.326 e. The van der Waals surface area contributed by atoms with Crippen molar-refractivity contribution in [1.29, 1.82) is 0 Å². The third kappa shape index (κ3) is 4.64. The molecular weight excluding hydrogens is 224 g/mol. The average Bonchev–Trinajstić information content (AvgIpc) is 2.67. The summed E-state index contributed by atoms with van der Waals surface area (Å²) >= 11 is 0. The molecule has 2 atom stereocenters. The first kappa shape index (κ1) is 13.2. The van der Waals surface area contributed by atoms with E-state index in [0.29, 0.717) is 5.69 Å². The maximum absolute atomic E-state index is 11.4. The van der Waals surface area contributed by atoms with Gasteiger partial charge in [0.2, 0.25) is 5.91 Å². The number of nitrogens with two attached hydrogens (primary N) is 1. The minimum atomic E-state index is -1.09. The molecule has 0 unspecified atom stereocenters. The van der Waals surface area contributed by atoms with Gasteiger partial charge in [-0.15, -0.1) is 0 Å². The molecule has 0 aliphatic carbocycles. The number of carboxylic acid groups (broad SMARTS) is 1. The summed E-state index contributed by atoms with van der Waals surface area (Å²) in [5.74, 6) is -1.45. The van der Waals surface area contributed by atoms with E-state index >= 15 is 0 Å². The molecule has 0 aromatic carbocycles. The van der Waals surface area contributed by atoms with Gasteiger partial charge in [0.05, 0.1) is 6.33 Å². The minimum Gasteiger partial charge on any atom is -0.480 e. The summed E-state index contributed by atoms with van der Waals surface area (Å²) in [6.45, 7) is 1.68. The molecule has 5 N–H and O–H groups in total. The van der Waals surface area contributed by atoms with Gasteiger partial charge in [0.15, 0.2) is 0 Å². The maximum atomic E-state index is 11.4. The van der Waals surface area contributed by atoms with Crippen LogP contribution in [0.25, 0.3) is 0 Å². The molecule has 0 fully saturated rings. The molecule has 1 heterocycles. The van der Waals surface area contributed by atoms with Crippen LogP contribution in [-0.4, -0.2) is 39.0 Å². The molecule has 1 amide bonds. The van der Waals surface area contributed by atoms with Crippen molar-refractivity contribution in [3.05, 3.63) is 18.2 Å². The number of nitrogens with one attached hydrogen (secondary N) is 2. The highest BCUT2D eigenvalue weighted by Crippen LogP contribution is 1.99. The van der Waals surface area contributed by atoms with Crippen LogP contribution < -0.4 is 11.1 Å². The molecule has 1 aromatic rings. The van der Waals surface area contributed by atoms with Crippen molar-refractivity contribution in [2.45, 2.75) is 31.8 Å². The number of aromatic nitrogens is 2. The van der Waals surface area contributed by atoms with Crippen molar-refractivity contribution in [2.75, 3.05) is 0 Å². The van der Waals surface area contributed by atoms with Gasteiger partial charge in [-0.3, -0.25) is 4.79 Å². The Morgan fingerprint density at radius 1 is 1.65 bits per heavy atom. The zero-order valence-electron chi connectivity index (χ0n) is 9.51. The Bertz CT molecular complexity index is 375. The normalized spacial score (nSPS) is 14.0. The van der Waals surface area contributed by atoms with Crippen LogP contribution in [0.4, 0.5) is 0 Å². The minimum absolute atomic E-state index is 0.104. The number of hydrogen-bond donors (Lipinski definition) is 4. The molecule has 1 aromatic heterocycles. The van der Waals surface area contributed by atoms with Crippen LogP contribution >= 0.6 is 0 Å². The Balaban J connectivity index is 2.55. The average molecular weight is 240 g/mol. The summed E-state index contributed by atoms with van der Waals surface area (Å²) in [5.41, 5.74) is 6.11.